The number of hydrogen-bond donors (Lipinski definition) is 0. The lowest BCUT2D eigenvalue weighted by molar-refractivity contribution is 0.218. The van der Waals surface area contributed by atoms with Crippen molar-refractivity contribution in [2.75, 3.05) is 6.54 Å². The molecule has 0 bridgehead atoms. The van der Waals surface area contributed by atoms with Crippen molar-refractivity contribution in [3.63, 3.8) is 0 Å². The minimum atomic E-state index is 0.187. The van der Waals surface area contributed by atoms with Gasteiger partial charge in [0.25, 0.3) is 0 Å². The van der Waals surface area contributed by atoms with Gasteiger partial charge in [-0.25, -0.2) is 0 Å². The summed E-state index contributed by atoms with van der Waals surface area (Å²) in [6.45, 7) is 7.98. The second-order valence-electron chi connectivity index (χ2n) is 8.66. The molecule has 1 saturated carbocycles. The van der Waals surface area contributed by atoms with E-state index < -0.39 is 0 Å². The largest absolute Gasteiger partial charge is 0.351 e. The van der Waals surface area contributed by atoms with Crippen molar-refractivity contribution < 1.29 is 0 Å². The number of para-hydroxylation sites is 1. The van der Waals surface area contributed by atoms with Crippen LogP contribution in [0.1, 0.15) is 58.4 Å². The highest BCUT2D eigenvalue weighted by atomic mass is 15.3. The minimum Gasteiger partial charge on any atom is -0.351 e. The molecule has 4 rings (SSSR count). The second kappa shape index (κ2) is 6.44. The van der Waals surface area contributed by atoms with Gasteiger partial charge in [0, 0.05) is 29.7 Å². The van der Waals surface area contributed by atoms with E-state index in [2.05, 4.69) is 54.9 Å². The summed E-state index contributed by atoms with van der Waals surface area (Å²) in [5.74, 6) is 1.18. The zero-order chi connectivity index (χ0) is 17.4. The molecule has 1 aliphatic heterocycles. The Kier molecular flexibility index (Phi) is 4.26. The van der Waals surface area contributed by atoms with E-state index in [1.807, 2.05) is 12.3 Å². The van der Waals surface area contributed by atoms with Crippen LogP contribution >= 0.6 is 0 Å². The van der Waals surface area contributed by atoms with Gasteiger partial charge in [0.2, 0.25) is 0 Å². The molecule has 132 valence electrons. The highest BCUT2D eigenvalue weighted by Gasteiger charge is 2.37. The van der Waals surface area contributed by atoms with E-state index in [9.17, 15) is 0 Å². The highest BCUT2D eigenvalue weighted by molar-refractivity contribution is 6.09. The molecule has 25 heavy (non-hydrogen) atoms. The molecule has 1 unspecified atom stereocenters. The second-order valence-corrected chi connectivity index (χ2v) is 8.66. The number of benzene rings is 1. The zero-order valence-corrected chi connectivity index (χ0v) is 15.7. The van der Waals surface area contributed by atoms with Crippen molar-refractivity contribution >= 4 is 16.7 Å². The van der Waals surface area contributed by atoms with Gasteiger partial charge in [-0.05, 0) is 30.4 Å². The van der Waals surface area contributed by atoms with Crippen molar-refractivity contribution in [1.29, 1.82) is 0 Å². The third-order valence-electron chi connectivity index (χ3n) is 5.81. The van der Waals surface area contributed by atoms with Crippen LogP contribution in [0.25, 0.3) is 10.9 Å². The summed E-state index contributed by atoms with van der Waals surface area (Å²) in [4.78, 5) is 12.5. The van der Waals surface area contributed by atoms with Crippen LogP contribution in [0.4, 0.5) is 0 Å². The van der Waals surface area contributed by atoms with E-state index in [4.69, 9.17) is 4.99 Å². The fourth-order valence-electron chi connectivity index (χ4n) is 4.23. The average molecular weight is 335 g/mol. The first-order valence-electron chi connectivity index (χ1n) is 9.72. The Labute approximate surface area is 151 Å². The lowest BCUT2D eigenvalue weighted by atomic mass is 9.87. The number of pyridine rings is 1. The topological polar surface area (TPSA) is 28.5 Å². The SMILES string of the molecule is CC(C)(C)C1CN(C2CCCCC2)C(c2cccc3cccnc23)=N1. The van der Waals surface area contributed by atoms with Gasteiger partial charge >= 0.3 is 0 Å². The van der Waals surface area contributed by atoms with Gasteiger partial charge in [-0.3, -0.25) is 9.98 Å². The molecule has 0 saturated heterocycles. The lowest BCUT2D eigenvalue weighted by Crippen LogP contribution is -2.42. The quantitative estimate of drug-likeness (QED) is 0.769. The van der Waals surface area contributed by atoms with Crippen LogP contribution in [0.15, 0.2) is 41.5 Å². The van der Waals surface area contributed by atoms with Crippen LogP contribution < -0.4 is 0 Å². The first-order valence-corrected chi connectivity index (χ1v) is 9.72. The third kappa shape index (κ3) is 3.17. The molecule has 2 aliphatic rings. The normalized spacial score (nSPS) is 22.4. The standard InChI is InChI=1S/C22H29N3/c1-22(2,3)19-15-25(17-11-5-4-6-12-17)21(24-19)18-13-7-9-16-10-8-14-23-20(16)18/h7-10,13-14,17,19H,4-6,11-12,15H2,1-3H3. The maximum atomic E-state index is 5.24. The number of hydrogen-bond acceptors (Lipinski definition) is 3. The Morgan fingerprint density at radius 1 is 1.00 bits per heavy atom. The van der Waals surface area contributed by atoms with E-state index in [-0.39, 0.29) is 5.41 Å². The average Bonchev–Trinajstić information content (AvgIpc) is 3.07. The monoisotopic (exact) mass is 335 g/mol. The van der Waals surface area contributed by atoms with Crippen molar-refractivity contribution in [2.24, 2.45) is 10.4 Å². The minimum absolute atomic E-state index is 0.187. The van der Waals surface area contributed by atoms with Crippen molar-refractivity contribution in [3.8, 4) is 0 Å². The summed E-state index contributed by atoms with van der Waals surface area (Å²) >= 11 is 0. The molecule has 0 radical (unpaired) electrons. The Morgan fingerprint density at radius 3 is 2.52 bits per heavy atom. The van der Waals surface area contributed by atoms with Crippen LogP contribution in [0, 0.1) is 5.41 Å². The van der Waals surface area contributed by atoms with E-state index in [1.54, 1.807) is 0 Å². The van der Waals surface area contributed by atoms with Crippen LogP contribution in [0.3, 0.4) is 0 Å². The Hall–Kier alpha value is -1.90. The number of aliphatic imine (C=N–C) groups is 1. The Balaban J connectivity index is 1.79. The van der Waals surface area contributed by atoms with Crippen molar-refractivity contribution in [1.82, 2.24) is 9.88 Å². The Morgan fingerprint density at radius 2 is 1.76 bits per heavy atom. The predicted octanol–water partition coefficient (Wildman–Crippen LogP) is 5.04. The lowest BCUT2D eigenvalue weighted by Gasteiger charge is -2.35. The summed E-state index contributed by atoms with van der Waals surface area (Å²) in [6.07, 6.45) is 8.58. The first kappa shape index (κ1) is 16.6. The van der Waals surface area contributed by atoms with E-state index in [1.165, 1.54) is 48.9 Å². The molecule has 0 N–H and O–H groups in total. The van der Waals surface area contributed by atoms with Crippen LogP contribution in [0.5, 0.6) is 0 Å². The van der Waals surface area contributed by atoms with Gasteiger partial charge in [0.05, 0.1) is 11.6 Å². The molecule has 3 heteroatoms. The van der Waals surface area contributed by atoms with Crippen LogP contribution in [-0.4, -0.2) is 34.3 Å². The molecule has 1 aromatic heterocycles. The number of amidine groups is 1. The van der Waals surface area contributed by atoms with E-state index >= 15 is 0 Å². The molecule has 2 heterocycles. The summed E-state index contributed by atoms with van der Waals surface area (Å²) in [5.41, 5.74) is 2.47. The van der Waals surface area contributed by atoms with E-state index in [0.29, 0.717) is 12.1 Å². The molecular weight excluding hydrogens is 306 g/mol. The summed E-state index contributed by atoms with van der Waals surface area (Å²) in [7, 11) is 0. The summed E-state index contributed by atoms with van der Waals surface area (Å²) < 4.78 is 0. The van der Waals surface area contributed by atoms with Gasteiger partial charge in [0.15, 0.2) is 0 Å². The molecule has 0 spiro atoms. The summed E-state index contributed by atoms with van der Waals surface area (Å²) in [6, 6.07) is 11.6. The smallest absolute Gasteiger partial charge is 0.133 e. The van der Waals surface area contributed by atoms with E-state index in [0.717, 1.165) is 12.1 Å². The third-order valence-corrected chi connectivity index (χ3v) is 5.81. The van der Waals surface area contributed by atoms with Crippen LogP contribution in [-0.2, 0) is 0 Å². The highest BCUT2D eigenvalue weighted by Crippen LogP contribution is 2.34. The van der Waals surface area contributed by atoms with Crippen LogP contribution in [0.2, 0.25) is 0 Å². The van der Waals surface area contributed by atoms with Gasteiger partial charge in [-0.15, -0.1) is 0 Å². The fourth-order valence-corrected chi connectivity index (χ4v) is 4.23. The van der Waals surface area contributed by atoms with Gasteiger partial charge < -0.3 is 4.90 Å². The van der Waals surface area contributed by atoms with Gasteiger partial charge in [0.1, 0.15) is 5.84 Å². The maximum Gasteiger partial charge on any atom is 0.133 e. The maximum absolute atomic E-state index is 5.24. The zero-order valence-electron chi connectivity index (χ0n) is 15.7. The number of fused-ring (bicyclic) bond motifs is 1. The first-order chi connectivity index (χ1) is 12.0. The van der Waals surface area contributed by atoms with Crippen molar-refractivity contribution in [3.05, 3.63) is 42.1 Å². The molecule has 1 aliphatic carbocycles. The molecule has 1 atom stereocenters. The van der Waals surface area contributed by atoms with Gasteiger partial charge in [-0.1, -0.05) is 58.2 Å². The number of nitrogens with zero attached hydrogens (tertiary/aromatic N) is 3. The molecule has 2 aromatic rings. The van der Waals surface area contributed by atoms with Crippen molar-refractivity contribution in [2.45, 2.75) is 65.0 Å². The summed E-state index contributed by atoms with van der Waals surface area (Å²) in [5, 5.41) is 1.20. The predicted molar refractivity (Wildman–Crippen MR) is 105 cm³/mol. The molecule has 1 aromatic carbocycles. The molecule has 0 amide bonds. The van der Waals surface area contributed by atoms with Gasteiger partial charge in [-0.2, -0.15) is 0 Å². The number of rotatable bonds is 2. The molecule has 3 nitrogen and oxygen atoms in total. The molecular formula is C22H29N3. The molecule has 1 fully saturated rings. The fraction of sp³-hybridized carbons (Fsp3) is 0.545. The Bertz CT molecular complexity index is 776. The number of aromatic nitrogens is 1.